The lowest BCUT2D eigenvalue weighted by molar-refractivity contribution is 0.0764. The number of ether oxygens (including phenoxy) is 2. The van der Waals surface area contributed by atoms with Crippen LogP contribution in [0.25, 0.3) is 11.2 Å². The van der Waals surface area contributed by atoms with Crippen molar-refractivity contribution in [2.24, 2.45) is 0 Å². The van der Waals surface area contributed by atoms with Crippen molar-refractivity contribution in [3.05, 3.63) is 12.2 Å². The minimum absolute atomic E-state index is 0.320. The average molecular weight is 570 g/mol. The molecule has 0 aliphatic rings. The molecule has 0 saturated heterocycles. The number of anilines is 1. The molecule has 2 aromatic rings. The summed E-state index contributed by atoms with van der Waals surface area (Å²) in [5, 5.41) is 0. The number of unbranched alkanes of at least 4 members (excludes halogenated alkanes) is 13. The van der Waals surface area contributed by atoms with Crippen molar-refractivity contribution in [3.8, 4) is 0 Å². The molecule has 0 spiro atoms. The molecule has 0 aliphatic carbocycles. The molecule has 39 heavy (non-hydrogen) atoms. The molecule has 2 aromatic heterocycles. The zero-order valence-corrected chi connectivity index (χ0v) is 25.1. The van der Waals surface area contributed by atoms with Crippen LogP contribution in [0.2, 0.25) is 0 Å². The van der Waals surface area contributed by atoms with E-state index in [9.17, 15) is 4.57 Å². The molecule has 0 bridgehead atoms. The van der Waals surface area contributed by atoms with Gasteiger partial charge in [0.15, 0.2) is 11.5 Å². The third kappa shape index (κ3) is 15.1. The Morgan fingerprint density at radius 3 is 2.05 bits per heavy atom. The van der Waals surface area contributed by atoms with Gasteiger partial charge < -0.3 is 29.6 Å². The molecule has 4 N–H and O–H groups in total. The lowest BCUT2D eigenvalue weighted by Gasteiger charge is -2.14. The molecular formula is C28H52N5O5P. The molecule has 11 heteroatoms. The summed E-state index contributed by atoms with van der Waals surface area (Å²) in [4.78, 5) is 31.3. The molecule has 0 unspecified atom stereocenters. The van der Waals surface area contributed by atoms with Crippen LogP contribution in [-0.2, 0) is 27.0 Å². The van der Waals surface area contributed by atoms with E-state index in [0.29, 0.717) is 42.4 Å². The van der Waals surface area contributed by atoms with E-state index in [2.05, 4.69) is 21.9 Å². The summed E-state index contributed by atoms with van der Waals surface area (Å²) in [5.74, 6) is 0.950. The zero-order valence-electron chi connectivity index (χ0n) is 24.2. The molecule has 0 fully saturated rings. The number of hydrogen-bond donors (Lipinski definition) is 3. The van der Waals surface area contributed by atoms with Crippen LogP contribution in [0.3, 0.4) is 0 Å². The maximum Gasteiger partial charge on any atom is 0.350 e. The largest absolute Gasteiger partial charge is 0.382 e. The van der Waals surface area contributed by atoms with E-state index in [-0.39, 0.29) is 0 Å². The highest BCUT2D eigenvalue weighted by molar-refractivity contribution is 7.51. The van der Waals surface area contributed by atoms with Crippen molar-refractivity contribution in [3.63, 3.8) is 0 Å². The average Bonchev–Trinajstić information content (AvgIpc) is 3.29. The highest BCUT2D eigenvalue weighted by atomic mass is 31.2. The molecule has 0 radical (unpaired) electrons. The quantitative estimate of drug-likeness (QED) is 0.0968. The Labute approximate surface area is 234 Å². The Hall–Kier alpha value is -1.58. The number of imidazole rings is 1. The number of fused-ring (bicyclic) bond motifs is 1. The van der Waals surface area contributed by atoms with Gasteiger partial charge in [-0.15, -0.1) is 0 Å². The number of aryl methyl sites for hydroxylation is 1. The van der Waals surface area contributed by atoms with Crippen LogP contribution in [0.15, 0.2) is 6.33 Å². The van der Waals surface area contributed by atoms with Crippen LogP contribution < -0.4 is 5.73 Å². The standard InChI is InChI=1S/C28H52N5O5P/c1-3-4-5-6-7-8-9-10-11-12-13-14-15-16-19-37-20-17-18-25-31-27(29)26-28(32-25)33(22-30-26)21-24(2)38-23-39(34,35)36/h22,24H,3-21,23H2,1-2H3,(H2,29,31,32)(H2,34,35,36)/t24-/m1/s1. The van der Waals surface area contributed by atoms with Crippen LogP contribution >= 0.6 is 7.60 Å². The predicted molar refractivity (Wildman–Crippen MR) is 157 cm³/mol. The van der Waals surface area contributed by atoms with Gasteiger partial charge >= 0.3 is 7.60 Å². The first kappa shape index (κ1) is 33.6. The topological polar surface area (TPSA) is 146 Å². The molecule has 0 aromatic carbocycles. The minimum atomic E-state index is -4.22. The van der Waals surface area contributed by atoms with Gasteiger partial charge in [-0.1, -0.05) is 90.4 Å². The Morgan fingerprint density at radius 1 is 0.897 bits per heavy atom. The van der Waals surface area contributed by atoms with Gasteiger partial charge in [-0.05, 0) is 19.8 Å². The summed E-state index contributed by atoms with van der Waals surface area (Å²) in [5.41, 5.74) is 7.19. The van der Waals surface area contributed by atoms with E-state index in [1.165, 1.54) is 83.5 Å². The lowest BCUT2D eigenvalue weighted by Crippen LogP contribution is -2.17. The van der Waals surface area contributed by atoms with Crippen molar-refractivity contribution in [2.45, 2.75) is 129 Å². The van der Waals surface area contributed by atoms with Gasteiger partial charge in [0.05, 0.1) is 19.0 Å². The molecular weight excluding hydrogens is 517 g/mol. The van der Waals surface area contributed by atoms with Crippen LogP contribution in [-0.4, -0.2) is 55.0 Å². The second-order valence-electron chi connectivity index (χ2n) is 10.7. The first-order valence-corrected chi connectivity index (χ1v) is 16.8. The van der Waals surface area contributed by atoms with Crippen LogP contribution in [0, 0.1) is 0 Å². The summed E-state index contributed by atoms with van der Waals surface area (Å²) in [6.45, 7) is 5.80. The van der Waals surface area contributed by atoms with E-state index in [4.69, 9.17) is 25.0 Å². The van der Waals surface area contributed by atoms with Gasteiger partial charge in [-0.25, -0.2) is 15.0 Å². The molecule has 1 atom stereocenters. The lowest BCUT2D eigenvalue weighted by atomic mass is 10.0. The first-order valence-electron chi connectivity index (χ1n) is 15.0. The van der Waals surface area contributed by atoms with Crippen molar-refractivity contribution in [1.29, 1.82) is 0 Å². The summed E-state index contributed by atoms with van der Waals surface area (Å²) in [6.07, 6.45) is 20.9. The molecule has 0 aliphatic heterocycles. The first-order chi connectivity index (χ1) is 18.8. The molecule has 224 valence electrons. The van der Waals surface area contributed by atoms with Crippen molar-refractivity contribution in [1.82, 2.24) is 19.5 Å². The third-order valence-electron chi connectivity index (χ3n) is 6.85. The van der Waals surface area contributed by atoms with Crippen molar-refractivity contribution in [2.75, 3.05) is 25.3 Å². The van der Waals surface area contributed by atoms with Gasteiger partial charge in [0, 0.05) is 19.6 Å². The van der Waals surface area contributed by atoms with Crippen LogP contribution in [0.5, 0.6) is 0 Å². The van der Waals surface area contributed by atoms with Gasteiger partial charge in [-0.3, -0.25) is 4.57 Å². The highest BCUT2D eigenvalue weighted by Gasteiger charge is 2.17. The fourth-order valence-electron chi connectivity index (χ4n) is 4.65. The van der Waals surface area contributed by atoms with Crippen molar-refractivity contribution < 1.29 is 23.8 Å². The van der Waals surface area contributed by atoms with Gasteiger partial charge in [0.2, 0.25) is 0 Å². The number of hydrogen-bond acceptors (Lipinski definition) is 7. The second-order valence-corrected chi connectivity index (χ2v) is 12.3. The Bertz CT molecular complexity index is 967. The fraction of sp³-hybridized carbons (Fsp3) is 0.821. The number of rotatable bonds is 24. The predicted octanol–water partition coefficient (Wildman–Crippen LogP) is 6.38. The minimum Gasteiger partial charge on any atom is -0.382 e. The van der Waals surface area contributed by atoms with E-state index in [0.717, 1.165) is 19.4 Å². The third-order valence-corrected chi connectivity index (χ3v) is 7.33. The Kier molecular flexibility index (Phi) is 16.8. The Balaban J connectivity index is 1.53. The summed E-state index contributed by atoms with van der Waals surface area (Å²) < 4.78 is 23.9. The molecule has 10 nitrogen and oxygen atoms in total. The van der Waals surface area contributed by atoms with E-state index in [1.807, 2.05) is 0 Å². The molecule has 0 saturated carbocycles. The second kappa shape index (κ2) is 19.5. The number of nitrogens with two attached hydrogens (primary N) is 1. The SMILES string of the molecule is CCCCCCCCCCCCCCCCOCCCc1nc(N)c2ncn(C[C@@H](C)OCP(=O)(O)O)c2n1. The van der Waals surface area contributed by atoms with Crippen LogP contribution in [0.1, 0.15) is 116 Å². The molecule has 2 rings (SSSR count). The summed E-state index contributed by atoms with van der Waals surface area (Å²) >= 11 is 0. The van der Waals surface area contributed by atoms with E-state index >= 15 is 0 Å². The van der Waals surface area contributed by atoms with Crippen LogP contribution in [0.4, 0.5) is 5.82 Å². The van der Waals surface area contributed by atoms with Gasteiger partial charge in [0.1, 0.15) is 17.7 Å². The zero-order chi connectivity index (χ0) is 28.3. The summed E-state index contributed by atoms with van der Waals surface area (Å²) in [6, 6.07) is 0. The highest BCUT2D eigenvalue weighted by Crippen LogP contribution is 2.34. The maximum absolute atomic E-state index is 11.0. The number of nitrogens with zero attached hydrogens (tertiary/aromatic N) is 4. The number of nitrogen functional groups attached to an aromatic ring is 1. The van der Waals surface area contributed by atoms with E-state index in [1.54, 1.807) is 17.8 Å². The Morgan fingerprint density at radius 2 is 1.46 bits per heavy atom. The monoisotopic (exact) mass is 569 g/mol. The number of aromatic nitrogens is 4. The van der Waals surface area contributed by atoms with Gasteiger partial charge in [-0.2, -0.15) is 0 Å². The molecule has 0 amide bonds. The van der Waals surface area contributed by atoms with Gasteiger partial charge in [0.25, 0.3) is 0 Å². The normalized spacial score (nSPS) is 12.9. The molecule has 2 heterocycles. The smallest absolute Gasteiger partial charge is 0.350 e. The fourth-order valence-corrected chi connectivity index (χ4v) is 5.09. The maximum atomic E-state index is 11.0. The summed E-state index contributed by atoms with van der Waals surface area (Å²) in [7, 11) is -4.22. The van der Waals surface area contributed by atoms with Crippen molar-refractivity contribution >= 4 is 24.6 Å². The van der Waals surface area contributed by atoms with E-state index < -0.39 is 20.0 Å².